The minimum Gasteiger partial charge on any atom is -0.396 e. The van der Waals surface area contributed by atoms with E-state index in [0.717, 1.165) is 37.6 Å². The molecule has 0 bridgehead atoms. The Labute approximate surface area is 114 Å². The molecule has 1 atom stereocenters. The number of aliphatic hydroxyl groups excluding tert-OH is 1. The van der Waals surface area contributed by atoms with Gasteiger partial charge in [0.25, 0.3) is 0 Å². The van der Waals surface area contributed by atoms with Crippen LogP contribution in [0.1, 0.15) is 12.0 Å². The van der Waals surface area contributed by atoms with Gasteiger partial charge in [-0.25, -0.2) is 0 Å². The second-order valence-electron chi connectivity index (χ2n) is 5.01. The van der Waals surface area contributed by atoms with Crippen molar-refractivity contribution in [1.82, 2.24) is 9.80 Å². The lowest BCUT2D eigenvalue weighted by Crippen LogP contribution is -2.51. The summed E-state index contributed by atoms with van der Waals surface area (Å²) in [6, 6.07) is 8.52. The first-order valence-corrected chi connectivity index (χ1v) is 6.84. The Morgan fingerprint density at radius 3 is 2.67 bits per heavy atom. The van der Waals surface area contributed by atoms with Crippen LogP contribution in [0, 0.1) is 0 Å². The van der Waals surface area contributed by atoms with Crippen molar-refractivity contribution >= 4 is 11.6 Å². The highest BCUT2D eigenvalue weighted by Crippen LogP contribution is 2.15. The van der Waals surface area contributed by atoms with Gasteiger partial charge in [0.2, 0.25) is 0 Å². The van der Waals surface area contributed by atoms with Crippen LogP contribution in [0.25, 0.3) is 0 Å². The van der Waals surface area contributed by atoms with Gasteiger partial charge in [0.05, 0.1) is 0 Å². The summed E-state index contributed by atoms with van der Waals surface area (Å²) in [7, 11) is 2.14. The Balaban J connectivity index is 1.91. The first-order valence-electron chi connectivity index (χ1n) is 6.47. The number of piperazine rings is 1. The van der Waals surface area contributed by atoms with Gasteiger partial charge in [-0.05, 0) is 31.2 Å². The molecule has 1 N–H and O–H groups in total. The highest BCUT2D eigenvalue weighted by Gasteiger charge is 2.23. The molecule has 0 spiro atoms. The number of likely N-dealkylation sites (N-methyl/N-ethyl adjacent to an activating group) is 1. The number of hydrogen-bond acceptors (Lipinski definition) is 3. The van der Waals surface area contributed by atoms with Gasteiger partial charge in [-0.1, -0.05) is 23.7 Å². The second-order valence-corrected chi connectivity index (χ2v) is 5.44. The molecule has 1 saturated heterocycles. The molecule has 1 aromatic carbocycles. The quantitative estimate of drug-likeness (QED) is 0.903. The van der Waals surface area contributed by atoms with Crippen LogP contribution in [0.2, 0.25) is 5.02 Å². The molecule has 0 aromatic heterocycles. The predicted octanol–water partition coefficient (Wildman–Crippen LogP) is 1.84. The van der Waals surface area contributed by atoms with Crippen LogP contribution < -0.4 is 0 Å². The summed E-state index contributed by atoms with van der Waals surface area (Å²) < 4.78 is 0. The van der Waals surface area contributed by atoms with Gasteiger partial charge in [0.15, 0.2) is 0 Å². The Kier molecular flexibility index (Phi) is 5.01. The minimum atomic E-state index is 0.268. The summed E-state index contributed by atoms with van der Waals surface area (Å²) in [4.78, 5) is 4.79. The number of aliphatic hydroxyl groups is 1. The number of benzene rings is 1. The summed E-state index contributed by atoms with van der Waals surface area (Å²) in [5.41, 5.74) is 1.30. The van der Waals surface area contributed by atoms with Crippen LogP contribution in [-0.4, -0.2) is 54.2 Å². The Morgan fingerprint density at radius 2 is 2.00 bits per heavy atom. The summed E-state index contributed by atoms with van der Waals surface area (Å²) in [6.45, 7) is 4.41. The monoisotopic (exact) mass is 268 g/mol. The molecule has 0 saturated carbocycles. The third-order valence-corrected chi connectivity index (χ3v) is 3.89. The van der Waals surface area contributed by atoms with Crippen LogP contribution in [0.4, 0.5) is 0 Å². The maximum Gasteiger partial charge on any atom is 0.0446 e. The molecule has 100 valence electrons. The standard InChI is InChI=1S/C14H21ClN2O/c1-16-7-8-17(11-14(16)6-9-18)10-12-2-4-13(15)5-3-12/h2-5,14,18H,6-11H2,1H3. The number of hydrogen-bond donors (Lipinski definition) is 1. The van der Waals surface area contributed by atoms with Crippen molar-refractivity contribution in [3.05, 3.63) is 34.9 Å². The van der Waals surface area contributed by atoms with Crippen LogP contribution in [0.15, 0.2) is 24.3 Å². The molecule has 0 aliphatic carbocycles. The van der Waals surface area contributed by atoms with E-state index in [1.807, 2.05) is 12.1 Å². The van der Waals surface area contributed by atoms with Crippen molar-refractivity contribution in [2.24, 2.45) is 0 Å². The highest BCUT2D eigenvalue weighted by molar-refractivity contribution is 6.30. The van der Waals surface area contributed by atoms with E-state index in [0.29, 0.717) is 6.04 Å². The van der Waals surface area contributed by atoms with Crippen LogP contribution in [0.3, 0.4) is 0 Å². The smallest absolute Gasteiger partial charge is 0.0446 e. The number of rotatable bonds is 4. The van der Waals surface area contributed by atoms with Gasteiger partial charge in [0.1, 0.15) is 0 Å². The molecule has 1 unspecified atom stereocenters. The van der Waals surface area contributed by atoms with Crippen molar-refractivity contribution in [2.75, 3.05) is 33.3 Å². The van der Waals surface area contributed by atoms with E-state index in [-0.39, 0.29) is 6.61 Å². The third-order valence-electron chi connectivity index (χ3n) is 3.64. The highest BCUT2D eigenvalue weighted by atomic mass is 35.5. The van der Waals surface area contributed by atoms with E-state index in [9.17, 15) is 0 Å². The zero-order valence-electron chi connectivity index (χ0n) is 10.8. The maximum absolute atomic E-state index is 9.08. The molecule has 18 heavy (non-hydrogen) atoms. The molecule has 1 heterocycles. The average molecular weight is 269 g/mol. The molecule has 2 rings (SSSR count). The Morgan fingerprint density at radius 1 is 1.28 bits per heavy atom. The summed E-state index contributed by atoms with van der Waals surface area (Å²) in [5, 5.41) is 9.87. The van der Waals surface area contributed by atoms with Crippen molar-refractivity contribution in [2.45, 2.75) is 19.0 Å². The number of nitrogens with zero attached hydrogens (tertiary/aromatic N) is 2. The van der Waals surface area contributed by atoms with Gasteiger partial charge in [-0.3, -0.25) is 4.90 Å². The van der Waals surface area contributed by atoms with Gasteiger partial charge in [0, 0.05) is 43.9 Å². The SMILES string of the molecule is CN1CCN(Cc2ccc(Cl)cc2)CC1CCO. The lowest BCUT2D eigenvalue weighted by Gasteiger charge is -2.39. The third kappa shape index (κ3) is 3.69. The molecule has 1 aliphatic heterocycles. The van der Waals surface area contributed by atoms with E-state index in [2.05, 4.69) is 29.0 Å². The topological polar surface area (TPSA) is 26.7 Å². The van der Waals surface area contributed by atoms with Crippen LogP contribution >= 0.6 is 11.6 Å². The average Bonchev–Trinajstić information content (AvgIpc) is 2.37. The largest absolute Gasteiger partial charge is 0.396 e. The van der Waals surface area contributed by atoms with E-state index in [1.54, 1.807) is 0 Å². The molecule has 4 heteroatoms. The maximum atomic E-state index is 9.08. The van der Waals surface area contributed by atoms with Gasteiger partial charge in [-0.2, -0.15) is 0 Å². The van der Waals surface area contributed by atoms with E-state index in [1.165, 1.54) is 5.56 Å². The van der Waals surface area contributed by atoms with Crippen LogP contribution in [0.5, 0.6) is 0 Å². The van der Waals surface area contributed by atoms with Crippen molar-refractivity contribution < 1.29 is 5.11 Å². The summed E-state index contributed by atoms with van der Waals surface area (Å²) in [6.07, 6.45) is 0.855. The lowest BCUT2D eigenvalue weighted by atomic mass is 10.1. The molecule has 1 fully saturated rings. The fourth-order valence-corrected chi connectivity index (χ4v) is 2.59. The molecule has 1 aliphatic rings. The van der Waals surface area contributed by atoms with Gasteiger partial charge >= 0.3 is 0 Å². The van der Waals surface area contributed by atoms with Gasteiger partial charge < -0.3 is 10.0 Å². The fourth-order valence-electron chi connectivity index (χ4n) is 2.46. The van der Waals surface area contributed by atoms with E-state index < -0.39 is 0 Å². The first-order chi connectivity index (χ1) is 8.69. The lowest BCUT2D eigenvalue weighted by molar-refractivity contribution is 0.0743. The normalized spacial score (nSPS) is 22.3. The summed E-state index contributed by atoms with van der Waals surface area (Å²) >= 11 is 5.89. The Hall–Kier alpha value is -0.610. The molecule has 3 nitrogen and oxygen atoms in total. The summed E-state index contributed by atoms with van der Waals surface area (Å²) in [5.74, 6) is 0. The zero-order valence-corrected chi connectivity index (χ0v) is 11.6. The molecular formula is C14H21ClN2O. The van der Waals surface area contributed by atoms with Crippen LogP contribution in [-0.2, 0) is 6.54 Å². The van der Waals surface area contributed by atoms with E-state index >= 15 is 0 Å². The Bertz CT molecular complexity index is 369. The minimum absolute atomic E-state index is 0.268. The predicted molar refractivity (Wildman–Crippen MR) is 74.8 cm³/mol. The number of halogens is 1. The fraction of sp³-hybridized carbons (Fsp3) is 0.571. The van der Waals surface area contributed by atoms with Gasteiger partial charge in [-0.15, -0.1) is 0 Å². The molecule has 0 radical (unpaired) electrons. The second kappa shape index (κ2) is 6.53. The molecular weight excluding hydrogens is 248 g/mol. The van der Waals surface area contributed by atoms with E-state index in [4.69, 9.17) is 16.7 Å². The van der Waals surface area contributed by atoms with Crippen molar-refractivity contribution in [3.8, 4) is 0 Å². The van der Waals surface area contributed by atoms with Crippen molar-refractivity contribution in [3.63, 3.8) is 0 Å². The molecule has 1 aromatic rings. The van der Waals surface area contributed by atoms with Crippen molar-refractivity contribution in [1.29, 1.82) is 0 Å². The zero-order chi connectivity index (χ0) is 13.0. The molecule has 0 amide bonds. The first kappa shape index (κ1) is 13.8.